The van der Waals surface area contributed by atoms with Crippen molar-refractivity contribution in [2.45, 2.75) is 29.3 Å². The summed E-state index contributed by atoms with van der Waals surface area (Å²) >= 11 is 1.57. The molecule has 1 heterocycles. The van der Waals surface area contributed by atoms with Crippen LogP contribution in [0.3, 0.4) is 0 Å². The molecule has 184 valence electrons. The maximum Gasteiger partial charge on any atom is 0.240 e. The topological polar surface area (TPSA) is 97.1 Å². The molecule has 0 amide bonds. The van der Waals surface area contributed by atoms with Crippen LogP contribution >= 0.6 is 49.0 Å². The highest BCUT2D eigenvalue weighted by Crippen LogP contribution is 2.27. The quantitative estimate of drug-likeness (QED) is 0.245. The number of nitrogens with one attached hydrogen (secondary N) is 2. The summed E-state index contributed by atoms with van der Waals surface area (Å²) in [4.78, 5) is 4.64. The van der Waals surface area contributed by atoms with Crippen LogP contribution in [0.15, 0.2) is 70.7 Å². The molecule has 0 radical (unpaired) electrons. The van der Waals surface area contributed by atoms with Gasteiger partial charge in [0.2, 0.25) is 10.0 Å². The number of nitrogens with two attached hydrogens (primary N) is 1. The minimum Gasteiger partial charge on any atom is -0.330 e. The highest BCUT2D eigenvalue weighted by atomic mass is 35.5. The second-order valence-electron chi connectivity index (χ2n) is 7.10. The third-order valence-electron chi connectivity index (χ3n) is 4.61. The van der Waals surface area contributed by atoms with E-state index in [2.05, 4.69) is 27.2 Å². The molecule has 3 rings (SSSR count). The van der Waals surface area contributed by atoms with E-state index in [-0.39, 0.29) is 48.2 Å². The lowest BCUT2D eigenvalue weighted by atomic mass is 10.1. The van der Waals surface area contributed by atoms with E-state index in [1.807, 2.05) is 37.3 Å². The van der Waals surface area contributed by atoms with Crippen LogP contribution in [0.2, 0.25) is 0 Å². The Morgan fingerprint density at radius 3 is 2.48 bits per heavy atom. The predicted octanol–water partition coefficient (Wildman–Crippen LogP) is 4.05. The van der Waals surface area contributed by atoms with Crippen LogP contribution in [0.25, 0.3) is 10.8 Å². The van der Waals surface area contributed by atoms with E-state index >= 15 is 0 Å². The van der Waals surface area contributed by atoms with Gasteiger partial charge in [-0.05, 0) is 49.0 Å². The lowest BCUT2D eigenvalue weighted by Gasteiger charge is -2.16. The van der Waals surface area contributed by atoms with E-state index in [9.17, 15) is 8.42 Å². The molecule has 0 bridgehead atoms. The first-order valence-corrected chi connectivity index (χ1v) is 12.4. The molecule has 0 aliphatic rings. The number of benzene rings is 2. The third-order valence-corrected chi connectivity index (χ3v) is 7.23. The summed E-state index contributed by atoms with van der Waals surface area (Å²) in [5.41, 5.74) is 6.84. The van der Waals surface area contributed by atoms with Gasteiger partial charge in [0.1, 0.15) is 5.03 Å². The molecule has 0 aliphatic heterocycles. The number of thioether (sulfide) groups is 1. The number of halogens is 3. The van der Waals surface area contributed by atoms with Gasteiger partial charge in [-0.15, -0.1) is 49.0 Å². The van der Waals surface area contributed by atoms with Crippen molar-refractivity contribution in [1.29, 1.82) is 0 Å². The molecular formula is C22H31Cl3N4O2S2. The molecule has 11 heteroatoms. The molecule has 1 aromatic heterocycles. The number of hydrogen-bond acceptors (Lipinski definition) is 6. The molecule has 4 N–H and O–H groups in total. The van der Waals surface area contributed by atoms with Gasteiger partial charge in [-0.25, -0.2) is 18.1 Å². The lowest BCUT2D eigenvalue weighted by molar-refractivity contribution is 0.537. The van der Waals surface area contributed by atoms with Gasteiger partial charge >= 0.3 is 0 Å². The Balaban J connectivity index is 0.00000341. The van der Waals surface area contributed by atoms with Crippen LogP contribution in [0.4, 0.5) is 0 Å². The Labute approximate surface area is 219 Å². The monoisotopic (exact) mass is 552 g/mol. The molecule has 1 unspecified atom stereocenters. The summed E-state index contributed by atoms with van der Waals surface area (Å²) in [5, 5.41) is 5.97. The third kappa shape index (κ3) is 9.58. The second-order valence-corrected chi connectivity index (χ2v) is 9.90. The van der Waals surface area contributed by atoms with Crippen LogP contribution in [-0.4, -0.2) is 44.8 Å². The summed E-state index contributed by atoms with van der Waals surface area (Å²) in [7, 11) is -3.61. The van der Waals surface area contributed by atoms with Crippen LogP contribution in [0.1, 0.15) is 12.5 Å². The zero-order chi connectivity index (χ0) is 21.4. The average Bonchev–Trinajstić information content (AvgIpc) is 2.75. The smallest absolute Gasteiger partial charge is 0.240 e. The molecule has 3 aromatic rings. The molecule has 1 atom stereocenters. The van der Waals surface area contributed by atoms with E-state index in [0.717, 1.165) is 34.5 Å². The summed E-state index contributed by atoms with van der Waals surface area (Å²) < 4.78 is 28.4. The van der Waals surface area contributed by atoms with Crippen molar-refractivity contribution in [2.75, 3.05) is 25.4 Å². The zero-order valence-electron chi connectivity index (χ0n) is 18.3. The standard InChI is InChI=1S/C22H28N4O2S2.3ClH/c1-17(16-24-12-9-18-5-3-2-4-6-18)26-30(27,28)20-7-8-21-19(15-20)10-13-25-22(21)29-14-11-23;;;/h2-8,10,13,15,17,24,26H,9,11-12,14,16,23H2,1H3;3*1H. The van der Waals surface area contributed by atoms with Gasteiger partial charge in [0.15, 0.2) is 0 Å². The fraction of sp³-hybridized carbons (Fsp3) is 0.318. The van der Waals surface area contributed by atoms with Crippen molar-refractivity contribution in [2.24, 2.45) is 5.73 Å². The Hall–Kier alpha value is -1.10. The first kappa shape index (κ1) is 31.9. The Morgan fingerprint density at radius 2 is 1.79 bits per heavy atom. The number of rotatable bonds is 11. The van der Waals surface area contributed by atoms with Gasteiger partial charge in [-0.1, -0.05) is 36.4 Å². The number of fused-ring (bicyclic) bond motifs is 1. The van der Waals surface area contributed by atoms with Gasteiger partial charge in [-0.2, -0.15) is 0 Å². The molecule has 6 nitrogen and oxygen atoms in total. The van der Waals surface area contributed by atoms with Crippen molar-refractivity contribution in [1.82, 2.24) is 15.0 Å². The first-order chi connectivity index (χ1) is 14.5. The van der Waals surface area contributed by atoms with E-state index in [4.69, 9.17) is 5.73 Å². The van der Waals surface area contributed by atoms with Gasteiger partial charge < -0.3 is 11.1 Å². The van der Waals surface area contributed by atoms with Crippen molar-refractivity contribution in [3.05, 3.63) is 66.4 Å². The number of sulfonamides is 1. The first-order valence-electron chi connectivity index (χ1n) is 9.98. The van der Waals surface area contributed by atoms with Gasteiger partial charge in [0, 0.05) is 36.5 Å². The highest BCUT2D eigenvalue weighted by molar-refractivity contribution is 7.99. The Morgan fingerprint density at radius 1 is 1.06 bits per heavy atom. The molecule has 0 saturated heterocycles. The Kier molecular flexibility index (Phi) is 15.2. The van der Waals surface area contributed by atoms with Crippen molar-refractivity contribution in [3.8, 4) is 0 Å². The number of aromatic nitrogens is 1. The summed E-state index contributed by atoms with van der Waals surface area (Å²) in [6.07, 6.45) is 2.60. The molecule has 0 saturated carbocycles. The van der Waals surface area contributed by atoms with Crippen molar-refractivity contribution < 1.29 is 8.42 Å². The van der Waals surface area contributed by atoms with Crippen LogP contribution in [0, 0.1) is 0 Å². The molecule has 33 heavy (non-hydrogen) atoms. The minimum atomic E-state index is -3.61. The SMILES string of the molecule is CC(CNCCc1ccccc1)NS(=O)(=O)c1ccc2c(SCCN)nccc2c1.Cl.Cl.Cl. The number of hydrogen-bond donors (Lipinski definition) is 3. The van der Waals surface area contributed by atoms with E-state index < -0.39 is 10.0 Å². The van der Waals surface area contributed by atoms with Gasteiger partial charge in [-0.3, -0.25) is 0 Å². The van der Waals surface area contributed by atoms with E-state index in [1.54, 1.807) is 30.1 Å². The maximum atomic E-state index is 12.8. The normalized spacial score (nSPS) is 11.7. The molecule has 0 aliphatic carbocycles. The minimum absolute atomic E-state index is 0. The van der Waals surface area contributed by atoms with Crippen molar-refractivity contribution >= 4 is 69.8 Å². The van der Waals surface area contributed by atoms with Gasteiger partial charge in [0.25, 0.3) is 0 Å². The molecule has 0 spiro atoms. The molecular weight excluding hydrogens is 523 g/mol. The van der Waals surface area contributed by atoms with Gasteiger partial charge in [0.05, 0.1) is 4.90 Å². The molecule has 0 fully saturated rings. The predicted molar refractivity (Wildman–Crippen MR) is 146 cm³/mol. The van der Waals surface area contributed by atoms with Crippen LogP contribution < -0.4 is 15.8 Å². The van der Waals surface area contributed by atoms with Crippen molar-refractivity contribution in [3.63, 3.8) is 0 Å². The molecule has 2 aromatic carbocycles. The highest BCUT2D eigenvalue weighted by Gasteiger charge is 2.18. The second kappa shape index (κ2) is 15.7. The van der Waals surface area contributed by atoms with E-state index in [1.165, 1.54) is 5.56 Å². The zero-order valence-corrected chi connectivity index (χ0v) is 22.4. The fourth-order valence-corrected chi connectivity index (χ4v) is 5.20. The number of pyridine rings is 1. The maximum absolute atomic E-state index is 12.8. The van der Waals surface area contributed by atoms with E-state index in [0.29, 0.717) is 13.1 Å². The fourth-order valence-electron chi connectivity index (χ4n) is 3.14. The van der Waals surface area contributed by atoms with Crippen LogP contribution in [-0.2, 0) is 16.4 Å². The summed E-state index contributed by atoms with van der Waals surface area (Å²) in [6, 6.07) is 17.0. The summed E-state index contributed by atoms with van der Waals surface area (Å²) in [5.74, 6) is 0.766. The largest absolute Gasteiger partial charge is 0.330 e. The Bertz CT molecular complexity index is 1070. The summed E-state index contributed by atoms with van der Waals surface area (Å²) in [6.45, 7) is 3.78. The lowest BCUT2D eigenvalue weighted by Crippen LogP contribution is -2.40. The van der Waals surface area contributed by atoms with Crippen LogP contribution in [0.5, 0.6) is 0 Å². The number of nitrogens with zero attached hydrogens (tertiary/aromatic N) is 1. The average molecular weight is 554 g/mol.